The quantitative estimate of drug-likeness (QED) is 0.170. The number of rotatable bonds is 5. The van der Waals surface area contributed by atoms with Gasteiger partial charge in [-0.1, -0.05) is 157 Å². The Balaban J connectivity index is 1.27. The molecule has 0 fully saturated rings. The second kappa shape index (κ2) is 12.2. The summed E-state index contributed by atoms with van der Waals surface area (Å²) < 4.78 is 91.0. The van der Waals surface area contributed by atoms with Crippen LogP contribution in [0.4, 0.5) is 0 Å². The van der Waals surface area contributed by atoms with Gasteiger partial charge in [-0.05, 0) is 92.7 Å². The van der Waals surface area contributed by atoms with Gasteiger partial charge in [0, 0.05) is 32.9 Å². The molecule has 0 spiro atoms. The van der Waals surface area contributed by atoms with E-state index in [0.717, 1.165) is 76.9 Å². The third kappa shape index (κ3) is 4.74. The fraction of sp³-hybridized carbons (Fsp3) is 0. The predicted octanol–water partition coefficient (Wildman–Crippen LogP) is 14.0. The summed E-state index contributed by atoms with van der Waals surface area (Å²) in [4.78, 5) is 0. The van der Waals surface area contributed by atoms with E-state index < -0.39 is 36.3 Å². The summed E-state index contributed by atoms with van der Waals surface area (Å²) in [7, 11) is 0. The molecule has 0 aliphatic rings. The molecule has 2 heterocycles. The summed E-state index contributed by atoms with van der Waals surface area (Å²) in [5.41, 5.74) is 7.96. The maximum Gasteiger partial charge on any atom is 0.0641 e. The molecule has 0 saturated carbocycles. The average Bonchev–Trinajstić information content (AvgIpc) is 3.85. The minimum Gasteiger partial charge on any atom is -0.309 e. The zero-order valence-electron chi connectivity index (χ0n) is 38.8. The van der Waals surface area contributed by atoms with E-state index in [4.69, 9.17) is 13.7 Å². The van der Waals surface area contributed by atoms with Gasteiger partial charge in [-0.3, -0.25) is 0 Å². The molecule has 54 heavy (non-hydrogen) atoms. The SMILES string of the molecule is [2H]c1c([2H])c([2H])c(-c2cc(-c3ccccc3)cc(-n3c4ccccc4c4ccc5c(c6ccccc6n5-c5cc(-c6c([2H])c([2H])c([2H])c([2H])c6[2H])c6ccccc6c5)c43)c2)c([2H])c1[2H]. The van der Waals surface area contributed by atoms with Crippen molar-refractivity contribution in [2.75, 3.05) is 0 Å². The number of aromatic nitrogens is 2. The molecule has 0 unspecified atom stereocenters. The lowest BCUT2D eigenvalue weighted by atomic mass is 9.97. The number of hydrogen-bond donors (Lipinski definition) is 0. The van der Waals surface area contributed by atoms with Crippen LogP contribution in [0.2, 0.25) is 0 Å². The molecule has 0 aliphatic heterocycles. The van der Waals surface area contributed by atoms with Gasteiger partial charge in [0.05, 0.1) is 35.8 Å². The standard InChI is InChI=1S/C52H34N2/c1-4-16-35(17-5-1)39-30-40(36-18-6-2-7-19-36)33-41(32-39)54-48-26-14-12-24-44(48)45-28-29-50-51(52(45)54)46-25-13-15-27-49(46)53(50)42-31-38-22-10-11-23-43(38)47(34-42)37-20-8-3-9-21-37/h1-34H/i1D,3D,4D,5D,8D,9D,16D,17D,20D,21D. The van der Waals surface area contributed by atoms with Crippen LogP contribution in [0.3, 0.4) is 0 Å². The van der Waals surface area contributed by atoms with E-state index in [1.807, 2.05) is 97.1 Å². The van der Waals surface area contributed by atoms with Crippen LogP contribution in [0.1, 0.15) is 13.7 Å². The van der Waals surface area contributed by atoms with Crippen LogP contribution in [-0.2, 0) is 0 Å². The number of para-hydroxylation sites is 2. The van der Waals surface area contributed by atoms with Crippen molar-refractivity contribution < 1.29 is 13.7 Å². The molecule has 0 N–H and O–H groups in total. The molecule has 9 aromatic carbocycles. The summed E-state index contributed by atoms with van der Waals surface area (Å²) >= 11 is 0. The lowest BCUT2D eigenvalue weighted by Crippen LogP contribution is -1.97. The average molecular weight is 697 g/mol. The van der Waals surface area contributed by atoms with E-state index >= 15 is 0 Å². The number of hydrogen-bond acceptors (Lipinski definition) is 0. The number of nitrogens with zero attached hydrogens (tertiary/aromatic N) is 2. The largest absolute Gasteiger partial charge is 0.309 e. The van der Waals surface area contributed by atoms with Crippen molar-refractivity contribution in [2.24, 2.45) is 0 Å². The Hall–Kier alpha value is -7.16. The first-order valence-corrected chi connectivity index (χ1v) is 17.8. The zero-order chi connectivity index (χ0) is 44.3. The molecule has 0 aliphatic carbocycles. The van der Waals surface area contributed by atoms with Gasteiger partial charge in [0.2, 0.25) is 0 Å². The van der Waals surface area contributed by atoms with E-state index in [1.165, 1.54) is 0 Å². The van der Waals surface area contributed by atoms with Gasteiger partial charge in [-0.15, -0.1) is 0 Å². The third-order valence-electron chi connectivity index (χ3n) is 10.4. The molecule has 0 amide bonds. The molecule has 252 valence electrons. The van der Waals surface area contributed by atoms with Crippen LogP contribution in [0.15, 0.2) is 206 Å². The minimum atomic E-state index is -0.453. The number of fused-ring (bicyclic) bond motifs is 8. The van der Waals surface area contributed by atoms with Gasteiger partial charge in [0.25, 0.3) is 0 Å². The third-order valence-corrected chi connectivity index (χ3v) is 10.4. The van der Waals surface area contributed by atoms with E-state index in [9.17, 15) is 0 Å². The Kier molecular flexibility index (Phi) is 4.99. The maximum atomic E-state index is 8.98. The molecule has 0 radical (unpaired) electrons. The highest BCUT2D eigenvalue weighted by molar-refractivity contribution is 6.26. The normalized spacial score (nSPS) is 14.3. The molecule has 11 rings (SSSR count). The highest BCUT2D eigenvalue weighted by Gasteiger charge is 2.22. The van der Waals surface area contributed by atoms with Crippen molar-refractivity contribution >= 4 is 54.4 Å². The van der Waals surface area contributed by atoms with E-state index in [-0.39, 0.29) is 35.3 Å². The fourth-order valence-electron chi connectivity index (χ4n) is 8.15. The smallest absolute Gasteiger partial charge is 0.0641 e. The second-order valence-electron chi connectivity index (χ2n) is 13.4. The van der Waals surface area contributed by atoms with Gasteiger partial charge in [-0.25, -0.2) is 0 Å². The fourth-order valence-corrected chi connectivity index (χ4v) is 8.15. The van der Waals surface area contributed by atoms with Crippen molar-refractivity contribution in [1.82, 2.24) is 9.13 Å². The van der Waals surface area contributed by atoms with Crippen LogP contribution in [0.25, 0.3) is 99.1 Å². The van der Waals surface area contributed by atoms with Crippen molar-refractivity contribution in [3.8, 4) is 44.8 Å². The van der Waals surface area contributed by atoms with Crippen LogP contribution >= 0.6 is 0 Å². The molecular weight excluding hydrogens is 653 g/mol. The molecule has 0 bridgehead atoms. The Labute approximate surface area is 327 Å². The topological polar surface area (TPSA) is 9.86 Å². The molecule has 2 aromatic heterocycles. The molecule has 2 heteroatoms. The summed E-state index contributed by atoms with van der Waals surface area (Å²) in [6.07, 6.45) is 0. The van der Waals surface area contributed by atoms with Crippen molar-refractivity contribution in [1.29, 1.82) is 0 Å². The first-order chi connectivity index (χ1) is 30.9. The first kappa shape index (κ1) is 22.0. The molecule has 2 nitrogen and oxygen atoms in total. The molecule has 0 atom stereocenters. The Morgan fingerprint density at radius 2 is 0.944 bits per heavy atom. The van der Waals surface area contributed by atoms with Crippen LogP contribution < -0.4 is 0 Å². The summed E-state index contributed by atoms with van der Waals surface area (Å²) in [6, 6.07) is 44.2. The van der Waals surface area contributed by atoms with Crippen LogP contribution in [0.5, 0.6) is 0 Å². The molecular formula is C52H34N2. The van der Waals surface area contributed by atoms with Gasteiger partial charge < -0.3 is 9.13 Å². The highest BCUT2D eigenvalue weighted by Crippen LogP contribution is 2.44. The van der Waals surface area contributed by atoms with Gasteiger partial charge in [-0.2, -0.15) is 0 Å². The van der Waals surface area contributed by atoms with Crippen molar-refractivity contribution in [3.63, 3.8) is 0 Å². The van der Waals surface area contributed by atoms with Crippen molar-refractivity contribution in [2.45, 2.75) is 0 Å². The van der Waals surface area contributed by atoms with E-state index in [1.54, 1.807) is 0 Å². The Morgan fingerprint density at radius 1 is 0.352 bits per heavy atom. The first-order valence-electron chi connectivity index (χ1n) is 22.8. The zero-order valence-corrected chi connectivity index (χ0v) is 28.8. The summed E-state index contributed by atoms with van der Waals surface area (Å²) in [5, 5.41) is 5.46. The number of benzene rings is 9. The maximum absolute atomic E-state index is 8.98. The summed E-state index contributed by atoms with van der Waals surface area (Å²) in [6.45, 7) is 0. The van der Waals surface area contributed by atoms with Gasteiger partial charge >= 0.3 is 0 Å². The monoisotopic (exact) mass is 696 g/mol. The molecule has 0 saturated heterocycles. The van der Waals surface area contributed by atoms with Crippen LogP contribution in [0, 0.1) is 0 Å². The van der Waals surface area contributed by atoms with E-state index in [2.05, 4.69) is 57.7 Å². The lowest BCUT2D eigenvalue weighted by Gasteiger charge is -2.15. The Morgan fingerprint density at radius 3 is 1.70 bits per heavy atom. The van der Waals surface area contributed by atoms with Gasteiger partial charge in [0.1, 0.15) is 0 Å². The van der Waals surface area contributed by atoms with Gasteiger partial charge in [0.15, 0.2) is 0 Å². The van der Waals surface area contributed by atoms with E-state index in [0.29, 0.717) is 11.1 Å². The highest BCUT2D eigenvalue weighted by atomic mass is 15.0. The molecule has 11 aromatic rings. The van der Waals surface area contributed by atoms with Crippen LogP contribution in [-0.4, -0.2) is 9.13 Å². The lowest BCUT2D eigenvalue weighted by molar-refractivity contribution is 1.18. The Bertz CT molecular complexity index is 3740. The minimum absolute atomic E-state index is 0.110. The van der Waals surface area contributed by atoms with Crippen molar-refractivity contribution in [3.05, 3.63) is 206 Å². The predicted molar refractivity (Wildman–Crippen MR) is 229 cm³/mol. The summed E-state index contributed by atoms with van der Waals surface area (Å²) in [5.74, 6) is 0. The second-order valence-corrected chi connectivity index (χ2v) is 13.4.